The maximum absolute atomic E-state index is 12.7. The molecule has 0 N–H and O–H groups in total. The summed E-state index contributed by atoms with van der Waals surface area (Å²) >= 11 is 8.62. The maximum atomic E-state index is 12.7. The van der Waals surface area contributed by atoms with E-state index in [4.69, 9.17) is 25.8 Å². The summed E-state index contributed by atoms with van der Waals surface area (Å²) < 4.78 is 29.7. The van der Waals surface area contributed by atoms with Crippen LogP contribution in [-0.2, 0) is 12.8 Å². The molecular weight excluding hydrogens is 447 g/mol. The smallest absolute Gasteiger partial charge is 0.165 e. The van der Waals surface area contributed by atoms with Gasteiger partial charge in [-0.2, -0.15) is 4.39 Å². The number of halogens is 3. The van der Waals surface area contributed by atoms with Crippen LogP contribution in [0.4, 0.5) is 4.39 Å². The first-order valence-electron chi connectivity index (χ1n) is 9.34. The van der Waals surface area contributed by atoms with E-state index in [0.717, 1.165) is 47.6 Å². The van der Waals surface area contributed by atoms with E-state index in [-0.39, 0.29) is 6.61 Å². The van der Waals surface area contributed by atoms with Gasteiger partial charge in [-0.1, -0.05) is 25.4 Å². The summed E-state index contributed by atoms with van der Waals surface area (Å²) in [5, 5.41) is 0.690. The fraction of sp³-hybridized carbons (Fsp3) is 0.364. The van der Waals surface area contributed by atoms with E-state index in [1.54, 1.807) is 12.1 Å². The first-order chi connectivity index (χ1) is 13.5. The van der Waals surface area contributed by atoms with Gasteiger partial charge in [-0.25, -0.2) is 0 Å². The number of ether oxygens (including phenoxy) is 3. The van der Waals surface area contributed by atoms with Crippen molar-refractivity contribution in [3.05, 3.63) is 63.4 Å². The van der Waals surface area contributed by atoms with Crippen LogP contribution in [0, 0.1) is 0 Å². The van der Waals surface area contributed by atoms with Crippen LogP contribution < -0.4 is 14.2 Å². The standard InChI is InChI=1S/C22H25BrClFO3/c1-3-16-14-20(27-13-10-21(23)25)15-17(4-2)22(16)28-12-5-11-26-19-8-6-18(24)7-9-19/h6-10,14-15H,3-5,11-13H2,1-2H3. The molecule has 0 aliphatic heterocycles. The number of hydrogen-bond acceptors (Lipinski definition) is 3. The molecule has 0 aliphatic rings. The Hall–Kier alpha value is -1.72. The van der Waals surface area contributed by atoms with Crippen LogP contribution in [0.15, 0.2) is 47.2 Å². The zero-order valence-electron chi connectivity index (χ0n) is 16.1. The molecular formula is C22H25BrClFO3. The molecule has 0 amide bonds. The highest BCUT2D eigenvalue weighted by Gasteiger charge is 2.11. The molecule has 0 spiro atoms. The molecule has 6 heteroatoms. The molecule has 0 atom stereocenters. The fourth-order valence-electron chi connectivity index (χ4n) is 2.67. The lowest BCUT2D eigenvalue weighted by Crippen LogP contribution is -2.08. The van der Waals surface area contributed by atoms with Gasteiger partial charge < -0.3 is 14.2 Å². The third-order valence-corrected chi connectivity index (χ3v) is 4.66. The van der Waals surface area contributed by atoms with Gasteiger partial charge in [0.2, 0.25) is 0 Å². The Morgan fingerprint density at radius 3 is 2.14 bits per heavy atom. The monoisotopic (exact) mass is 470 g/mol. The Morgan fingerprint density at radius 2 is 1.57 bits per heavy atom. The lowest BCUT2D eigenvalue weighted by atomic mass is 10.0. The van der Waals surface area contributed by atoms with E-state index in [2.05, 4.69) is 29.8 Å². The molecule has 0 saturated heterocycles. The Morgan fingerprint density at radius 1 is 0.964 bits per heavy atom. The summed E-state index contributed by atoms with van der Waals surface area (Å²) in [6, 6.07) is 11.2. The first-order valence-corrected chi connectivity index (χ1v) is 10.5. The van der Waals surface area contributed by atoms with Crippen molar-refractivity contribution in [1.82, 2.24) is 0 Å². The molecule has 0 saturated carbocycles. The molecule has 2 aromatic carbocycles. The summed E-state index contributed by atoms with van der Waals surface area (Å²) in [6.07, 6.45) is 3.75. The highest BCUT2D eigenvalue weighted by molar-refractivity contribution is 9.11. The molecule has 28 heavy (non-hydrogen) atoms. The molecule has 0 bridgehead atoms. The molecule has 0 radical (unpaired) electrons. The van der Waals surface area contributed by atoms with Gasteiger partial charge in [0.15, 0.2) is 4.74 Å². The Labute approximate surface area is 179 Å². The zero-order chi connectivity index (χ0) is 20.4. The van der Waals surface area contributed by atoms with E-state index in [0.29, 0.717) is 18.2 Å². The highest BCUT2D eigenvalue weighted by atomic mass is 79.9. The Kier molecular flexibility index (Phi) is 9.65. The summed E-state index contributed by atoms with van der Waals surface area (Å²) in [5.41, 5.74) is 2.16. The SMILES string of the molecule is CCc1cc(OCC=C(F)Br)cc(CC)c1OCCCOc1ccc(Cl)cc1. The molecule has 0 heterocycles. The van der Waals surface area contributed by atoms with E-state index < -0.39 is 4.74 Å². The number of rotatable bonds is 11. The van der Waals surface area contributed by atoms with Crippen LogP contribution in [-0.4, -0.2) is 19.8 Å². The van der Waals surface area contributed by atoms with Gasteiger partial charge in [-0.3, -0.25) is 0 Å². The van der Waals surface area contributed by atoms with Crippen LogP contribution in [0.3, 0.4) is 0 Å². The third kappa shape index (κ3) is 7.36. The average molecular weight is 472 g/mol. The number of aryl methyl sites for hydroxylation is 2. The van der Waals surface area contributed by atoms with E-state index in [1.807, 2.05) is 24.3 Å². The van der Waals surface area contributed by atoms with E-state index in [9.17, 15) is 4.39 Å². The lowest BCUT2D eigenvalue weighted by molar-refractivity contribution is 0.244. The van der Waals surface area contributed by atoms with Gasteiger partial charge in [0.1, 0.15) is 23.9 Å². The predicted octanol–water partition coefficient (Wildman–Crippen LogP) is 6.90. The van der Waals surface area contributed by atoms with Gasteiger partial charge in [0, 0.05) is 11.4 Å². The van der Waals surface area contributed by atoms with Gasteiger partial charge in [0.05, 0.1) is 13.2 Å². The minimum Gasteiger partial charge on any atom is -0.493 e. The predicted molar refractivity (Wildman–Crippen MR) is 116 cm³/mol. The van der Waals surface area contributed by atoms with Crippen molar-refractivity contribution in [3.8, 4) is 17.2 Å². The van der Waals surface area contributed by atoms with Gasteiger partial charge >= 0.3 is 0 Å². The summed E-state index contributed by atoms with van der Waals surface area (Å²) in [7, 11) is 0. The van der Waals surface area contributed by atoms with Crippen LogP contribution in [0.2, 0.25) is 5.02 Å². The topological polar surface area (TPSA) is 27.7 Å². The largest absolute Gasteiger partial charge is 0.493 e. The molecule has 0 fully saturated rings. The maximum Gasteiger partial charge on any atom is 0.165 e. The van der Waals surface area contributed by atoms with Crippen molar-refractivity contribution in [2.45, 2.75) is 33.1 Å². The minimum absolute atomic E-state index is 0.172. The van der Waals surface area contributed by atoms with Crippen LogP contribution >= 0.6 is 27.5 Å². The van der Waals surface area contributed by atoms with Gasteiger partial charge in [-0.05, 0) is 82.4 Å². The molecule has 2 aromatic rings. The van der Waals surface area contributed by atoms with Crippen LogP contribution in [0.1, 0.15) is 31.4 Å². The highest BCUT2D eigenvalue weighted by Crippen LogP contribution is 2.31. The van der Waals surface area contributed by atoms with Crippen molar-refractivity contribution >= 4 is 27.5 Å². The minimum atomic E-state index is -0.431. The average Bonchev–Trinajstić information content (AvgIpc) is 2.69. The first kappa shape index (κ1) is 22.6. The number of hydrogen-bond donors (Lipinski definition) is 0. The van der Waals surface area contributed by atoms with Crippen molar-refractivity contribution in [2.24, 2.45) is 0 Å². The molecule has 0 unspecified atom stereocenters. The third-order valence-electron chi connectivity index (χ3n) is 4.08. The van der Waals surface area contributed by atoms with Crippen molar-refractivity contribution in [2.75, 3.05) is 19.8 Å². The number of benzene rings is 2. The van der Waals surface area contributed by atoms with Crippen LogP contribution in [0.5, 0.6) is 17.2 Å². The second-order valence-electron chi connectivity index (χ2n) is 6.09. The molecule has 0 aromatic heterocycles. The van der Waals surface area contributed by atoms with Crippen molar-refractivity contribution < 1.29 is 18.6 Å². The van der Waals surface area contributed by atoms with Gasteiger partial charge in [-0.15, -0.1) is 0 Å². The Balaban J connectivity index is 1.91. The van der Waals surface area contributed by atoms with E-state index >= 15 is 0 Å². The van der Waals surface area contributed by atoms with Crippen LogP contribution in [0.25, 0.3) is 0 Å². The fourth-order valence-corrected chi connectivity index (χ4v) is 2.93. The molecule has 152 valence electrons. The summed E-state index contributed by atoms with van der Waals surface area (Å²) in [6.45, 7) is 5.45. The lowest BCUT2D eigenvalue weighted by Gasteiger charge is -2.17. The van der Waals surface area contributed by atoms with Crippen molar-refractivity contribution in [1.29, 1.82) is 0 Å². The van der Waals surface area contributed by atoms with E-state index in [1.165, 1.54) is 6.08 Å². The normalized spacial score (nSPS) is 11.4. The summed E-state index contributed by atoms with van der Waals surface area (Å²) in [4.78, 5) is 0. The molecule has 3 nitrogen and oxygen atoms in total. The quantitative estimate of drug-likeness (QED) is 0.334. The second kappa shape index (κ2) is 12.0. The van der Waals surface area contributed by atoms with Crippen molar-refractivity contribution in [3.63, 3.8) is 0 Å². The Bertz CT molecular complexity index is 749. The molecule has 2 rings (SSSR count). The second-order valence-corrected chi connectivity index (χ2v) is 7.28. The molecule has 0 aliphatic carbocycles. The summed E-state index contributed by atoms with van der Waals surface area (Å²) in [5.74, 6) is 2.42. The van der Waals surface area contributed by atoms with Gasteiger partial charge in [0.25, 0.3) is 0 Å². The zero-order valence-corrected chi connectivity index (χ0v) is 18.5.